The van der Waals surface area contributed by atoms with Crippen molar-refractivity contribution in [2.75, 3.05) is 0 Å². The van der Waals surface area contributed by atoms with E-state index < -0.39 is 10.0 Å². The zero-order valence-corrected chi connectivity index (χ0v) is 19.5. The monoisotopic (exact) mass is 449 g/mol. The van der Waals surface area contributed by atoms with Crippen LogP contribution in [0.4, 0.5) is 0 Å². The first kappa shape index (κ1) is 22.1. The molecule has 0 aliphatic rings. The highest BCUT2D eigenvalue weighted by Gasteiger charge is 2.22. The number of aryl methyl sites for hydroxylation is 4. The molecule has 2 aromatic heterocycles. The molecule has 7 nitrogen and oxygen atoms in total. The van der Waals surface area contributed by atoms with E-state index in [0.29, 0.717) is 11.3 Å². The lowest BCUT2D eigenvalue weighted by Gasteiger charge is -2.17. The minimum absolute atomic E-state index is 0.206. The van der Waals surface area contributed by atoms with Crippen molar-refractivity contribution in [3.63, 3.8) is 0 Å². The molecule has 1 atom stereocenters. The summed E-state index contributed by atoms with van der Waals surface area (Å²) in [5.41, 5.74) is 6.30. The van der Waals surface area contributed by atoms with Crippen LogP contribution < -0.4 is 4.72 Å². The van der Waals surface area contributed by atoms with E-state index in [1.165, 1.54) is 6.33 Å². The second-order valence-corrected chi connectivity index (χ2v) is 10.0. The van der Waals surface area contributed by atoms with Crippen LogP contribution in [0.25, 0.3) is 22.2 Å². The molecule has 0 unspecified atom stereocenters. The smallest absolute Gasteiger partial charge is 0.241 e. The number of aromatic nitrogens is 4. The quantitative estimate of drug-likeness (QED) is 0.439. The average Bonchev–Trinajstić information content (AvgIpc) is 3.15. The van der Waals surface area contributed by atoms with Gasteiger partial charge in [0.25, 0.3) is 0 Å². The van der Waals surface area contributed by atoms with Crippen LogP contribution >= 0.6 is 0 Å². The molecule has 32 heavy (non-hydrogen) atoms. The third kappa shape index (κ3) is 4.56. The highest BCUT2D eigenvalue weighted by molar-refractivity contribution is 7.89. The predicted octanol–water partition coefficient (Wildman–Crippen LogP) is 4.24. The van der Waals surface area contributed by atoms with E-state index in [9.17, 15) is 8.42 Å². The number of fused-ring (bicyclic) bond motifs is 1. The summed E-state index contributed by atoms with van der Waals surface area (Å²) in [6.45, 7) is 7.56. The molecule has 0 bridgehead atoms. The van der Waals surface area contributed by atoms with E-state index in [0.717, 1.165) is 50.8 Å². The summed E-state index contributed by atoms with van der Waals surface area (Å²) < 4.78 is 28.9. The number of hydrogen-bond donors (Lipinski definition) is 2. The van der Waals surface area contributed by atoms with Gasteiger partial charge in [-0.1, -0.05) is 23.8 Å². The zero-order valence-electron chi connectivity index (χ0n) is 18.7. The molecule has 2 heterocycles. The molecule has 0 aliphatic carbocycles. The fourth-order valence-corrected chi connectivity index (χ4v) is 5.95. The van der Waals surface area contributed by atoms with Gasteiger partial charge >= 0.3 is 0 Å². The number of aromatic amines is 1. The Labute approximate surface area is 188 Å². The maximum absolute atomic E-state index is 13.0. The van der Waals surface area contributed by atoms with Gasteiger partial charge in [0.15, 0.2) is 0 Å². The first-order valence-corrected chi connectivity index (χ1v) is 12.1. The van der Waals surface area contributed by atoms with E-state index in [1.807, 2.05) is 52.0 Å². The number of H-pyrrole nitrogens is 1. The van der Waals surface area contributed by atoms with E-state index in [4.69, 9.17) is 0 Å². The summed E-state index contributed by atoms with van der Waals surface area (Å²) in [6.07, 6.45) is 6.38. The van der Waals surface area contributed by atoms with Gasteiger partial charge in [-0.15, -0.1) is 0 Å². The summed E-state index contributed by atoms with van der Waals surface area (Å²) >= 11 is 0. The Morgan fingerprint density at radius 1 is 1.03 bits per heavy atom. The fraction of sp³-hybridized carbons (Fsp3) is 0.292. The lowest BCUT2D eigenvalue weighted by Crippen LogP contribution is -2.33. The fourth-order valence-electron chi connectivity index (χ4n) is 4.21. The van der Waals surface area contributed by atoms with Crippen LogP contribution in [-0.2, 0) is 16.4 Å². The van der Waals surface area contributed by atoms with Gasteiger partial charge in [0.2, 0.25) is 10.0 Å². The maximum atomic E-state index is 13.0. The highest BCUT2D eigenvalue weighted by atomic mass is 32.2. The summed E-state index contributed by atoms with van der Waals surface area (Å²) in [5, 5.41) is 8.45. The molecule has 4 rings (SSSR count). The number of rotatable bonds is 7. The van der Waals surface area contributed by atoms with Crippen molar-refractivity contribution < 1.29 is 8.42 Å². The molecule has 166 valence electrons. The van der Waals surface area contributed by atoms with Crippen molar-refractivity contribution >= 4 is 20.9 Å². The molecule has 8 heteroatoms. The normalized spacial score (nSPS) is 12.9. The summed E-state index contributed by atoms with van der Waals surface area (Å²) in [7, 11) is -3.59. The molecule has 2 N–H and O–H groups in total. The minimum Gasteiger partial charge on any atom is -0.277 e. The molecule has 0 fully saturated rings. The van der Waals surface area contributed by atoms with Crippen molar-refractivity contribution in [1.82, 2.24) is 24.9 Å². The van der Waals surface area contributed by atoms with Crippen molar-refractivity contribution in [3.8, 4) is 11.3 Å². The van der Waals surface area contributed by atoms with Crippen LogP contribution in [0.1, 0.15) is 35.6 Å². The Kier molecular flexibility index (Phi) is 6.08. The second-order valence-electron chi connectivity index (χ2n) is 8.37. The molecule has 2 aromatic carbocycles. The number of sulfonamides is 1. The molecule has 0 aliphatic heterocycles. The van der Waals surface area contributed by atoms with Gasteiger partial charge in [0.05, 0.1) is 10.4 Å². The predicted molar refractivity (Wildman–Crippen MR) is 126 cm³/mol. The van der Waals surface area contributed by atoms with Crippen LogP contribution in [-0.4, -0.2) is 34.6 Å². The molecule has 0 saturated heterocycles. The Bertz CT molecular complexity index is 1340. The molecular formula is C24H27N5O2S. The van der Waals surface area contributed by atoms with Gasteiger partial charge in [0, 0.05) is 29.4 Å². The van der Waals surface area contributed by atoms with E-state index >= 15 is 0 Å². The van der Waals surface area contributed by atoms with E-state index in [2.05, 4.69) is 31.0 Å². The van der Waals surface area contributed by atoms with Crippen LogP contribution in [0.2, 0.25) is 0 Å². The third-order valence-corrected chi connectivity index (χ3v) is 7.45. The second kappa shape index (κ2) is 8.80. The molecule has 0 spiro atoms. The Balaban J connectivity index is 1.49. The van der Waals surface area contributed by atoms with Crippen LogP contribution in [0.5, 0.6) is 0 Å². The number of hydrogen-bond acceptors (Lipinski definition) is 5. The number of nitrogens with zero attached hydrogens (tertiary/aromatic N) is 3. The Morgan fingerprint density at radius 2 is 1.72 bits per heavy atom. The summed E-state index contributed by atoms with van der Waals surface area (Å²) in [5.74, 6) is 0. The van der Waals surface area contributed by atoms with E-state index in [1.54, 1.807) is 12.4 Å². The van der Waals surface area contributed by atoms with Crippen LogP contribution in [0, 0.1) is 20.8 Å². The van der Waals surface area contributed by atoms with Crippen molar-refractivity contribution in [2.45, 2.75) is 51.5 Å². The van der Waals surface area contributed by atoms with Crippen LogP contribution in [0.3, 0.4) is 0 Å². The Hall–Kier alpha value is -3.10. The first-order valence-electron chi connectivity index (χ1n) is 10.6. The highest BCUT2D eigenvalue weighted by Crippen LogP contribution is 2.27. The summed E-state index contributed by atoms with van der Waals surface area (Å²) in [6, 6.07) is 9.74. The minimum atomic E-state index is -3.59. The number of benzene rings is 2. The molecule has 0 amide bonds. The van der Waals surface area contributed by atoms with Gasteiger partial charge in [-0.2, -0.15) is 5.10 Å². The van der Waals surface area contributed by atoms with Gasteiger partial charge in [-0.25, -0.2) is 23.1 Å². The SMILES string of the molecule is Cc1cc(C)c(S(=O)(=O)N[C@@H](C)CCc2ccc3[nH]nc(-c4cncnc4)c3c2)c(C)c1. The molecular weight excluding hydrogens is 422 g/mol. The van der Waals surface area contributed by atoms with Gasteiger partial charge < -0.3 is 0 Å². The summed E-state index contributed by atoms with van der Waals surface area (Å²) in [4.78, 5) is 8.53. The van der Waals surface area contributed by atoms with Gasteiger partial charge in [0.1, 0.15) is 12.0 Å². The first-order chi connectivity index (χ1) is 15.2. The molecule has 0 radical (unpaired) electrons. The Morgan fingerprint density at radius 3 is 2.41 bits per heavy atom. The molecule has 4 aromatic rings. The standard InChI is InChI=1S/C24H27N5O2S/c1-15-9-16(2)24(17(3)10-15)32(30,31)29-18(4)5-6-19-7-8-22-21(11-19)23(28-27-22)20-12-25-14-26-13-20/h7-14,18,29H,5-6H2,1-4H3,(H,27,28)/t18-/m0/s1. The largest absolute Gasteiger partial charge is 0.277 e. The lowest BCUT2D eigenvalue weighted by molar-refractivity contribution is 0.546. The lowest BCUT2D eigenvalue weighted by atomic mass is 10.0. The zero-order chi connectivity index (χ0) is 22.9. The van der Waals surface area contributed by atoms with Crippen LogP contribution in [0.15, 0.2) is 53.9 Å². The molecule has 0 saturated carbocycles. The van der Waals surface area contributed by atoms with Crippen molar-refractivity contribution in [1.29, 1.82) is 0 Å². The van der Waals surface area contributed by atoms with Gasteiger partial charge in [-0.3, -0.25) is 5.10 Å². The topological polar surface area (TPSA) is 101 Å². The van der Waals surface area contributed by atoms with Gasteiger partial charge in [-0.05, 0) is 69.4 Å². The number of nitrogens with one attached hydrogen (secondary N) is 2. The maximum Gasteiger partial charge on any atom is 0.241 e. The average molecular weight is 450 g/mol. The van der Waals surface area contributed by atoms with Crippen molar-refractivity contribution in [2.24, 2.45) is 0 Å². The van der Waals surface area contributed by atoms with Crippen molar-refractivity contribution in [3.05, 3.63) is 71.3 Å². The van der Waals surface area contributed by atoms with E-state index in [-0.39, 0.29) is 6.04 Å². The third-order valence-electron chi connectivity index (χ3n) is 5.56.